The van der Waals surface area contributed by atoms with Crippen LogP contribution in [0.3, 0.4) is 0 Å². The summed E-state index contributed by atoms with van der Waals surface area (Å²) >= 11 is 0. The molecule has 1 atom stereocenters. The van der Waals surface area contributed by atoms with Gasteiger partial charge in [-0.25, -0.2) is 4.98 Å². The zero-order valence-electron chi connectivity index (χ0n) is 12.5. The summed E-state index contributed by atoms with van der Waals surface area (Å²) in [5.74, 6) is -0.00119. The highest BCUT2D eigenvalue weighted by atomic mass is 16.2. The van der Waals surface area contributed by atoms with Crippen molar-refractivity contribution in [2.45, 2.75) is 38.3 Å². The second kappa shape index (κ2) is 6.07. The van der Waals surface area contributed by atoms with Crippen molar-refractivity contribution in [2.24, 2.45) is 5.73 Å². The van der Waals surface area contributed by atoms with Crippen molar-refractivity contribution in [3.05, 3.63) is 23.8 Å². The summed E-state index contributed by atoms with van der Waals surface area (Å²) in [5.41, 5.74) is 7.23. The second-order valence-electron chi connectivity index (χ2n) is 6.11. The molecule has 6 heteroatoms. The summed E-state index contributed by atoms with van der Waals surface area (Å²) in [4.78, 5) is 25.1. The molecule has 2 fully saturated rings. The molecule has 1 amide bonds. The number of nitrogens with two attached hydrogens (primary N) is 1. The van der Waals surface area contributed by atoms with Crippen LogP contribution in [0.4, 0.5) is 0 Å². The highest BCUT2D eigenvalue weighted by Gasteiger charge is 2.32. The molecule has 2 saturated heterocycles. The molecule has 114 valence electrons. The Kier molecular flexibility index (Phi) is 4.17. The van der Waals surface area contributed by atoms with Crippen molar-refractivity contribution >= 4 is 5.91 Å². The highest BCUT2D eigenvalue weighted by molar-refractivity contribution is 5.92. The maximum atomic E-state index is 12.4. The van der Waals surface area contributed by atoms with Crippen LogP contribution in [0.25, 0.3) is 0 Å². The third kappa shape index (κ3) is 3.22. The highest BCUT2D eigenvalue weighted by Crippen LogP contribution is 2.21. The topological polar surface area (TPSA) is 75.4 Å². The Hall–Kier alpha value is -1.53. The molecule has 2 N–H and O–H groups in total. The standard InChI is InChI=1S/C15H23N5O/c1-11-8-18-14(9-17-11)15(21)20-7-4-13(10-20)19-5-2-12(16)3-6-19/h8-9,12-13H,2-7,10,16H2,1H3. The first-order valence-corrected chi connectivity index (χ1v) is 7.71. The Labute approximate surface area is 125 Å². The Morgan fingerprint density at radius 1 is 1.19 bits per heavy atom. The van der Waals surface area contributed by atoms with E-state index < -0.39 is 0 Å². The van der Waals surface area contributed by atoms with Crippen LogP contribution >= 0.6 is 0 Å². The summed E-state index contributed by atoms with van der Waals surface area (Å²) in [6.07, 6.45) is 6.39. The van der Waals surface area contributed by atoms with Gasteiger partial charge in [0, 0.05) is 31.4 Å². The first-order chi connectivity index (χ1) is 10.1. The molecule has 0 radical (unpaired) electrons. The third-order valence-corrected chi connectivity index (χ3v) is 4.54. The van der Waals surface area contributed by atoms with Gasteiger partial charge in [-0.15, -0.1) is 0 Å². The van der Waals surface area contributed by atoms with E-state index in [1.54, 1.807) is 12.4 Å². The van der Waals surface area contributed by atoms with E-state index in [1.807, 2.05) is 11.8 Å². The van der Waals surface area contributed by atoms with E-state index in [-0.39, 0.29) is 5.91 Å². The number of carbonyl (C=O) groups is 1. The molecule has 2 aliphatic rings. The predicted octanol–water partition coefficient (Wildman–Crippen LogP) is 0.423. The van der Waals surface area contributed by atoms with Gasteiger partial charge in [0.05, 0.1) is 11.9 Å². The smallest absolute Gasteiger partial charge is 0.274 e. The largest absolute Gasteiger partial charge is 0.336 e. The van der Waals surface area contributed by atoms with E-state index in [2.05, 4.69) is 14.9 Å². The van der Waals surface area contributed by atoms with Crippen LogP contribution in [0.5, 0.6) is 0 Å². The van der Waals surface area contributed by atoms with E-state index >= 15 is 0 Å². The Bertz CT molecular complexity index is 495. The first kappa shape index (κ1) is 14.4. The van der Waals surface area contributed by atoms with Crippen molar-refractivity contribution in [1.82, 2.24) is 19.8 Å². The number of piperidine rings is 1. The fourth-order valence-electron chi connectivity index (χ4n) is 3.17. The van der Waals surface area contributed by atoms with Gasteiger partial charge in [0.15, 0.2) is 0 Å². The number of aryl methyl sites for hydroxylation is 1. The van der Waals surface area contributed by atoms with Gasteiger partial charge in [-0.1, -0.05) is 0 Å². The Balaban J connectivity index is 1.59. The van der Waals surface area contributed by atoms with Crippen LogP contribution in [0.15, 0.2) is 12.4 Å². The molecule has 3 rings (SSSR count). The van der Waals surface area contributed by atoms with Gasteiger partial charge < -0.3 is 10.6 Å². The number of hydrogen-bond donors (Lipinski definition) is 1. The maximum absolute atomic E-state index is 12.4. The lowest BCUT2D eigenvalue weighted by atomic mass is 10.0. The summed E-state index contributed by atoms with van der Waals surface area (Å²) < 4.78 is 0. The molecule has 1 unspecified atom stereocenters. The minimum Gasteiger partial charge on any atom is -0.336 e. The average Bonchev–Trinajstić information content (AvgIpc) is 2.98. The van der Waals surface area contributed by atoms with Crippen molar-refractivity contribution in [1.29, 1.82) is 0 Å². The molecule has 2 aliphatic heterocycles. The van der Waals surface area contributed by atoms with Crippen LogP contribution in [0, 0.1) is 6.92 Å². The SMILES string of the molecule is Cc1cnc(C(=O)N2CCC(N3CCC(N)CC3)C2)cn1. The lowest BCUT2D eigenvalue weighted by Gasteiger charge is -2.34. The lowest BCUT2D eigenvalue weighted by molar-refractivity contribution is 0.0763. The summed E-state index contributed by atoms with van der Waals surface area (Å²) in [6, 6.07) is 0.822. The first-order valence-electron chi connectivity index (χ1n) is 7.71. The lowest BCUT2D eigenvalue weighted by Crippen LogP contribution is -2.46. The van der Waals surface area contributed by atoms with E-state index in [4.69, 9.17) is 5.73 Å². The van der Waals surface area contributed by atoms with Crippen LogP contribution in [0.1, 0.15) is 35.4 Å². The molecule has 3 heterocycles. The molecule has 0 bridgehead atoms. The van der Waals surface area contributed by atoms with Crippen LogP contribution in [-0.4, -0.2) is 63.9 Å². The van der Waals surface area contributed by atoms with Crippen LogP contribution in [0.2, 0.25) is 0 Å². The van der Waals surface area contributed by atoms with Gasteiger partial charge in [-0.2, -0.15) is 0 Å². The molecule has 0 aliphatic carbocycles. The number of likely N-dealkylation sites (tertiary alicyclic amines) is 2. The quantitative estimate of drug-likeness (QED) is 0.854. The van der Waals surface area contributed by atoms with Gasteiger partial charge in [-0.3, -0.25) is 14.7 Å². The monoisotopic (exact) mass is 289 g/mol. The zero-order valence-corrected chi connectivity index (χ0v) is 12.5. The molecule has 6 nitrogen and oxygen atoms in total. The molecular formula is C15H23N5O. The van der Waals surface area contributed by atoms with E-state index in [0.29, 0.717) is 17.8 Å². The van der Waals surface area contributed by atoms with Crippen molar-refractivity contribution in [3.63, 3.8) is 0 Å². The van der Waals surface area contributed by atoms with E-state index in [0.717, 1.165) is 51.1 Å². The molecule has 1 aromatic heterocycles. The Morgan fingerprint density at radius 3 is 2.62 bits per heavy atom. The van der Waals surface area contributed by atoms with Crippen molar-refractivity contribution < 1.29 is 4.79 Å². The van der Waals surface area contributed by atoms with Gasteiger partial charge in [0.2, 0.25) is 0 Å². The predicted molar refractivity (Wildman–Crippen MR) is 79.9 cm³/mol. The number of amides is 1. The van der Waals surface area contributed by atoms with E-state index in [9.17, 15) is 4.79 Å². The average molecular weight is 289 g/mol. The fraction of sp³-hybridized carbons (Fsp3) is 0.667. The summed E-state index contributed by atoms with van der Waals surface area (Å²) in [7, 11) is 0. The van der Waals surface area contributed by atoms with Crippen LogP contribution < -0.4 is 5.73 Å². The third-order valence-electron chi connectivity index (χ3n) is 4.54. The molecule has 0 spiro atoms. The normalized spacial score (nSPS) is 24.5. The maximum Gasteiger partial charge on any atom is 0.274 e. The Morgan fingerprint density at radius 2 is 1.95 bits per heavy atom. The zero-order chi connectivity index (χ0) is 14.8. The minimum absolute atomic E-state index is 0.00119. The number of carbonyl (C=O) groups excluding carboxylic acids is 1. The summed E-state index contributed by atoms with van der Waals surface area (Å²) in [5, 5.41) is 0. The number of hydrogen-bond acceptors (Lipinski definition) is 5. The van der Waals surface area contributed by atoms with Gasteiger partial charge in [0.1, 0.15) is 5.69 Å². The number of rotatable bonds is 2. The number of aromatic nitrogens is 2. The van der Waals surface area contributed by atoms with E-state index in [1.165, 1.54) is 0 Å². The van der Waals surface area contributed by atoms with Crippen molar-refractivity contribution in [3.8, 4) is 0 Å². The number of nitrogens with zero attached hydrogens (tertiary/aromatic N) is 4. The summed E-state index contributed by atoms with van der Waals surface area (Å²) in [6.45, 7) is 5.58. The van der Waals surface area contributed by atoms with Gasteiger partial charge in [0.25, 0.3) is 5.91 Å². The van der Waals surface area contributed by atoms with Gasteiger partial charge >= 0.3 is 0 Å². The fourth-order valence-corrected chi connectivity index (χ4v) is 3.17. The molecule has 0 saturated carbocycles. The van der Waals surface area contributed by atoms with Crippen LogP contribution in [-0.2, 0) is 0 Å². The second-order valence-corrected chi connectivity index (χ2v) is 6.11. The molecule has 1 aromatic rings. The minimum atomic E-state index is -0.00119. The van der Waals surface area contributed by atoms with Gasteiger partial charge in [-0.05, 0) is 39.3 Å². The molecule has 0 aromatic carbocycles. The molecular weight excluding hydrogens is 266 g/mol. The van der Waals surface area contributed by atoms with Crippen molar-refractivity contribution in [2.75, 3.05) is 26.2 Å². The molecule has 21 heavy (non-hydrogen) atoms.